The molecule has 1 fully saturated rings. The molecule has 0 N–H and O–H groups in total. The van der Waals surface area contributed by atoms with Crippen LogP contribution in [0.25, 0.3) is 21.9 Å². The van der Waals surface area contributed by atoms with Crippen LogP contribution in [0, 0.1) is 6.92 Å². The molecule has 9 heteroatoms. The van der Waals surface area contributed by atoms with Gasteiger partial charge in [0.2, 0.25) is 0 Å². The number of amides is 1. The van der Waals surface area contributed by atoms with E-state index in [1.165, 1.54) is 0 Å². The topological polar surface area (TPSA) is 89.3 Å². The summed E-state index contributed by atoms with van der Waals surface area (Å²) in [6.07, 6.45) is 3.36. The number of piperazine rings is 1. The first kappa shape index (κ1) is 19.2. The smallest absolute Gasteiger partial charge is 0.255 e. The van der Waals surface area contributed by atoms with E-state index in [2.05, 4.69) is 25.0 Å². The number of benzene rings is 1. The number of nitrogens with zero attached hydrogens (tertiary/aromatic N) is 7. The Hall–Kier alpha value is -3.75. The number of aryl methyl sites for hydroxylation is 2. The lowest BCUT2D eigenvalue weighted by Gasteiger charge is -2.35. The van der Waals surface area contributed by atoms with Gasteiger partial charge in [-0.05, 0) is 25.1 Å². The van der Waals surface area contributed by atoms with Crippen LogP contribution in [0.1, 0.15) is 16.1 Å². The Bertz CT molecular complexity index is 1290. The van der Waals surface area contributed by atoms with Crippen LogP contribution in [0.3, 0.4) is 0 Å². The average Bonchev–Trinajstić information content (AvgIpc) is 3.19. The van der Waals surface area contributed by atoms with Gasteiger partial charge in [-0.1, -0.05) is 0 Å². The highest BCUT2D eigenvalue weighted by atomic mass is 16.5. The van der Waals surface area contributed by atoms with Gasteiger partial charge in [0, 0.05) is 44.7 Å². The van der Waals surface area contributed by atoms with Crippen molar-refractivity contribution in [3.8, 4) is 5.75 Å². The predicted octanol–water partition coefficient (Wildman–Crippen LogP) is 2.19. The van der Waals surface area contributed by atoms with Gasteiger partial charge in [-0.25, -0.2) is 9.97 Å². The van der Waals surface area contributed by atoms with E-state index in [1.54, 1.807) is 24.3 Å². The Labute approximate surface area is 179 Å². The van der Waals surface area contributed by atoms with Crippen LogP contribution in [0.15, 0.2) is 36.8 Å². The molecule has 158 valence electrons. The number of pyridine rings is 1. The van der Waals surface area contributed by atoms with E-state index in [4.69, 9.17) is 4.74 Å². The second-order valence-corrected chi connectivity index (χ2v) is 7.66. The summed E-state index contributed by atoms with van der Waals surface area (Å²) in [6.45, 7) is 4.51. The number of hydrogen-bond donors (Lipinski definition) is 0. The zero-order valence-corrected chi connectivity index (χ0v) is 17.7. The maximum atomic E-state index is 13.2. The zero-order valence-electron chi connectivity index (χ0n) is 17.7. The van der Waals surface area contributed by atoms with Gasteiger partial charge in [0.05, 0.1) is 35.5 Å². The fourth-order valence-corrected chi connectivity index (χ4v) is 4.08. The van der Waals surface area contributed by atoms with Gasteiger partial charge in [-0.15, -0.1) is 0 Å². The van der Waals surface area contributed by atoms with Crippen LogP contribution in [-0.4, -0.2) is 68.8 Å². The number of methoxy groups -OCH3 is 1. The number of hydrogen-bond acceptors (Lipinski definition) is 7. The molecule has 4 aromatic rings. The summed E-state index contributed by atoms with van der Waals surface area (Å²) in [4.78, 5) is 30.7. The summed E-state index contributed by atoms with van der Waals surface area (Å²) in [5.41, 5.74) is 2.99. The molecule has 1 amide bonds. The predicted molar refractivity (Wildman–Crippen MR) is 117 cm³/mol. The third-order valence-electron chi connectivity index (χ3n) is 5.82. The number of ether oxygens (including phenoxy) is 1. The first-order valence-electron chi connectivity index (χ1n) is 10.2. The monoisotopic (exact) mass is 417 g/mol. The average molecular weight is 417 g/mol. The second-order valence-electron chi connectivity index (χ2n) is 7.66. The van der Waals surface area contributed by atoms with Gasteiger partial charge in [0.25, 0.3) is 5.91 Å². The van der Waals surface area contributed by atoms with E-state index in [0.717, 1.165) is 39.2 Å². The van der Waals surface area contributed by atoms with Gasteiger partial charge in [-0.3, -0.25) is 14.5 Å². The SMILES string of the molecule is COc1ccc2cc(C(=O)N3CCN(c4ncnc5c4cnn5C)CC3)c(C)nc2c1. The third-order valence-corrected chi connectivity index (χ3v) is 5.82. The van der Waals surface area contributed by atoms with Crippen molar-refractivity contribution >= 4 is 33.7 Å². The number of carbonyl (C=O) groups is 1. The molecular weight excluding hydrogens is 394 g/mol. The molecule has 4 heterocycles. The van der Waals surface area contributed by atoms with E-state index in [0.29, 0.717) is 31.7 Å². The molecule has 0 unspecified atom stereocenters. The molecule has 0 saturated carbocycles. The van der Waals surface area contributed by atoms with E-state index < -0.39 is 0 Å². The maximum absolute atomic E-state index is 13.2. The normalized spacial score (nSPS) is 14.4. The summed E-state index contributed by atoms with van der Waals surface area (Å²) in [5, 5.41) is 6.14. The van der Waals surface area contributed by atoms with Crippen molar-refractivity contribution in [3.05, 3.63) is 48.0 Å². The number of rotatable bonds is 3. The molecular formula is C22H23N7O2. The fraction of sp³-hybridized carbons (Fsp3) is 0.318. The van der Waals surface area contributed by atoms with Crippen LogP contribution in [0.4, 0.5) is 5.82 Å². The summed E-state index contributed by atoms with van der Waals surface area (Å²) >= 11 is 0. The molecule has 1 aliphatic rings. The number of anilines is 1. The lowest BCUT2D eigenvalue weighted by Crippen LogP contribution is -2.49. The van der Waals surface area contributed by atoms with Crippen molar-refractivity contribution in [1.29, 1.82) is 0 Å². The minimum absolute atomic E-state index is 0.0107. The molecule has 0 atom stereocenters. The van der Waals surface area contributed by atoms with Crippen molar-refractivity contribution in [2.45, 2.75) is 6.92 Å². The quantitative estimate of drug-likeness (QED) is 0.505. The van der Waals surface area contributed by atoms with Crippen LogP contribution >= 0.6 is 0 Å². The molecule has 5 rings (SSSR count). The summed E-state index contributed by atoms with van der Waals surface area (Å²) in [5.74, 6) is 1.63. The molecule has 31 heavy (non-hydrogen) atoms. The summed E-state index contributed by atoms with van der Waals surface area (Å²) < 4.78 is 7.02. The summed E-state index contributed by atoms with van der Waals surface area (Å²) in [7, 11) is 3.50. The van der Waals surface area contributed by atoms with Gasteiger partial charge in [0.1, 0.15) is 17.9 Å². The van der Waals surface area contributed by atoms with E-state index in [-0.39, 0.29) is 5.91 Å². The second kappa shape index (κ2) is 7.50. The Balaban J connectivity index is 1.35. The van der Waals surface area contributed by atoms with Crippen LogP contribution < -0.4 is 9.64 Å². The van der Waals surface area contributed by atoms with Crippen LogP contribution in [-0.2, 0) is 7.05 Å². The van der Waals surface area contributed by atoms with Crippen molar-refractivity contribution in [2.75, 3.05) is 38.2 Å². The minimum atomic E-state index is 0.0107. The molecule has 1 aromatic carbocycles. The van der Waals surface area contributed by atoms with Crippen molar-refractivity contribution in [3.63, 3.8) is 0 Å². The number of carbonyl (C=O) groups excluding carboxylic acids is 1. The maximum Gasteiger partial charge on any atom is 0.255 e. The first-order valence-corrected chi connectivity index (χ1v) is 10.2. The van der Waals surface area contributed by atoms with Crippen molar-refractivity contribution < 1.29 is 9.53 Å². The Morgan fingerprint density at radius 3 is 2.68 bits per heavy atom. The van der Waals surface area contributed by atoms with Crippen molar-refractivity contribution in [1.82, 2.24) is 29.6 Å². The highest BCUT2D eigenvalue weighted by molar-refractivity contribution is 5.99. The Morgan fingerprint density at radius 2 is 1.90 bits per heavy atom. The Morgan fingerprint density at radius 1 is 1.10 bits per heavy atom. The third kappa shape index (κ3) is 3.31. The largest absolute Gasteiger partial charge is 0.497 e. The molecule has 3 aromatic heterocycles. The summed E-state index contributed by atoms with van der Waals surface area (Å²) in [6, 6.07) is 7.63. The van der Waals surface area contributed by atoms with Gasteiger partial charge in [-0.2, -0.15) is 5.10 Å². The number of aromatic nitrogens is 5. The molecule has 0 bridgehead atoms. The molecule has 0 radical (unpaired) electrons. The highest BCUT2D eigenvalue weighted by Crippen LogP contribution is 2.25. The number of fused-ring (bicyclic) bond motifs is 2. The molecule has 1 saturated heterocycles. The fourth-order valence-electron chi connectivity index (χ4n) is 4.08. The zero-order chi connectivity index (χ0) is 21.5. The van der Waals surface area contributed by atoms with Crippen LogP contribution in [0.2, 0.25) is 0 Å². The van der Waals surface area contributed by atoms with Crippen molar-refractivity contribution in [2.24, 2.45) is 7.05 Å². The van der Waals surface area contributed by atoms with Gasteiger partial charge < -0.3 is 14.5 Å². The van der Waals surface area contributed by atoms with Gasteiger partial charge >= 0.3 is 0 Å². The van der Waals surface area contributed by atoms with E-state index in [1.807, 2.05) is 43.1 Å². The minimum Gasteiger partial charge on any atom is -0.497 e. The standard InChI is InChI=1S/C22H23N7O2/c1-14-17(10-15-4-5-16(31-3)11-19(15)26-14)22(30)29-8-6-28(7-9-29)21-18-12-25-27(2)20(18)23-13-24-21/h4-5,10-13H,6-9H2,1-3H3. The molecule has 0 spiro atoms. The lowest BCUT2D eigenvalue weighted by molar-refractivity contribution is 0.0745. The van der Waals surface area contributed by atoms with Crippen LogP contribution in [0.5, 0.6) is 5.75 Å². The van der Waals surface area contributed by atoms with E-state index >= 15 is 0 Å². The molecule has 1 aliphatic heterocycles. The molecule has 9 nitrogen and oxygen atoms in total. The highest BCUT2D eigenvalue weighted by Gasteiger charge is 2.26. The molecule has 0 aliphatic carbocycles. The van der Waals surface area contributed by atoms with E-state index in [9.17, 15) is 4.79 Å². The van der Waals surface area contributed by atoms with Gasteiger partial charge in [0.15, 0.2) is 5.65 Å². The first-order chi connectivity index (χ1) is 15.0. The lowest BCUT2D eigenvalue weighted by atomic mass is 10.1. The Kier molecular flexibility index (Phi) is 4.65.